The van der Waals surface area contributed by atoms with Crippen LogP contribution in [-0.4, -0.2) is 19.0 Å². The predicted octanol–water partition coefficient (Wildman–Crippen LogP) is 5.34. The number of anilines is 3. The van der Waals surface area contributed by atoms with Crippen molar-refractivity contribution in [2.45, 2.75) is 0 Å². The lowest BCUT2D eigenvalue weighted by atomic mass is 10.2. The standard InChI is InChI=1S/C23H19N3O4/c1-29-19-12-5-7-15-13-20(30-21(15)19)22(27)24-17-10-6-11-18(14-17)26-23(28)25-16-8-3-2-4-9-16/h2-14H,1H3,(H,24,27)(H2,25,26,28). The maximum Gasteiger partial charge on any atom is 0.323 e. The van der Waals surface area contributed by atoms with Crippen LogP contribution in [0.4, 0.5) is 21.9 Å². The predicted molar refractivity (Wildman–Crippen MR) is 116 cm³/mol. The summed E-state index contributed by atoms with van der Waals surface area (Å²) in [6, 6.07) is 22.7. The fraction of sp³-hybridized carbons (Fsp3) is 0.0435. The molecule has 1 aromatic heterocycles. The Morgan fingerprint density at radius 2 is 1.43 bits per heavy atom. The van der Waals surface area contributed by atoms with E-state index in [0.717, 1.165) is 5.39 Å². The summed E-state index contributed by atoms with van der Waals surface area (Å²) in [5.74, 6) is 0.316. The van der Waals surface area contributed by atoms with E-state index in [2.05, 4.69) is 16.0 Å². The van der Waals surface area contributed by atoms with Gasteiger partial charge in [0.25, 0.3) is 5.91 Å². The van der Waals surface area contributed by atoms with Crippen molar-refractivity contribution in [1.82, 2.24) is 0 Å². The lowest BCUT2D eigenvalue weighted by Gasteiger charge is -2.09. The van der Waals surface area contributed by atoms with Crippen LogP contribution in [-0.2, 0) is 0 Å². The number of furan rings is 1. The second kappa shape index (κ2) is 8.40. The van der Waals surface area contributed by atoms with Crippen LogP contribution in [0, 0.1) is 0 Å². The van der Waals surface area contributed by atoms with Gasteiger partial charge in [0.1, 0.15) is 0 Å². The van der Waals surface area contributed by atoms with Gasteiger partial charge in [0.15, 0.2) is 17.1 Å². The molecule has 3 amide bonds. The molecular formula is C23H19N3O4. The van der Waals surface area contributed by atoms with Gasteiger partial charge >= 0.3 is 6.03 Å². The molecule has 7 heteroatoms. The summed E-state index contributed by atoms with van der Waals surface area (Å²) in [4.78, 5) is 24.8. The van der Waals surface area contributed by atoms with Gasteiger partial charge in [0.05, 0.1) is 7.11 Å². The Bertz CT molecular complexity index is 1200. The number of amides is 3. The lowest BCUT2D eigenvalue weighted by Crippen LogP contribution is -2.19. The van der Waals surface area contributed by atoms with Gasteiger partial charge in [-0.3, -0.25) is 4.79 Å². The zero-order valence-electron chi connectivity index (χ0n) is 16.1. The maximum absolute atomic E-state index is 12.6. The van der Waals surface area contributed by atoms with Crippen LogP contribution >= 0.6 is 0 Å². The van der Waals surface area contributed by atoms with Crippen LogP contribution in [0.3, 0.4) is 0 Å². The number of methoxy groups -OCH3 is 1. The molecule has 7 nitrogen and oxygen atoms in total. The van der Waals surface area contributed by atoms with E-state index in [-0.39, 0.29) is 11.8 Å². The SMILES string of the molecule is COc1cccc2cc(C(=O)Nc3cccc(NC(=O)Nc4ccccc4)c3)oc12. The fourth-order valence-electron chi connectivity index (χ4n) is 2.99. The number of benzene rings is 3. The number of hydrogen-bond donors (Lipinski definition) is 3. The third-order valence-electron chi connectivity index (χ3n) is 4.36. The molecule has 0 saturated heterocycles. The van der Waals surface area contributed by atoms with Crippen molar-refractivity contribution >= 4 is 40.0 Å². The molecule has 0 aliphatic heterocycles. The van der Waals surface area contributed by atoms with E-state index in [9.17, 15) is 9.59 Å². The van der Waals surface area contributed by atoms with Gasteiger partial charge in [0.2, 0.25) is 0 Å². The van der Waals surface area contributed by atoms with E-state index in [4.69, 9.17) is 9.15 Å². The Hall–Kier alpha value is -4.26. The van der Waals surface area contributed by atoms with E-state index in [1.54, 1.807) is 55.6 Å². The van der Waals surface area contributed by atoms with Gasteiger partial charge in [0, 0.05) is 22.4 Å². The van der Waals surface area contributed by atoms with Crippen molar-refractivity contribution in [3.05, 3.63) is 84.6 Å². The molecule has 3 N–H and O–H groups in total. The highest BCUT2D eigenvalue weighted by Crippen LogP contribution is 2.29. The molecule has 0 radical (unpaired) electrons. The first-order valence-electron chi connectivity index (χ1n) is 9.23. The summed E-state index contributed by atoms with van der Waals surface area (Å²) in [6.45, 7) is 0. The summed E-state index contributed by atoms with van der Waals surface area (Å²) in [7, 11) is 1.55. The second-order valence-electron chi connectivity index (χ2n) is 6.47. The molecule has 0 aliphatic carbocycles. The molecule has 4 rings (SSSR count). The molecular weight excluding hydrogens is 382 g/mol. The van der Waals surface area contributed by atoms with E-state index in [1.807, 2.05) is 30.3 Å². The third kappa shape index (κ3) is 4.25. The zero-order valence-corrected chi connectivity index (χ0v) is 16.1. The molecule has 0 fully saturated rings. The van der Waals surface area contributed by atoms with Crippen LogP contribution in [0.15, 0.2) is 83.3 Å². The van der Waals surface area contributed by atoms with Crippen LogP contribution in [0.1, 0.15) is 10.6 Å². The van der Waals surface area contributed by atoms with Gasteiger partial charge in [-0.1, -0.05) is 36.4 Å². The van der Waals surface area contributed by atoms with Gasteiger partial charge in [-0.15, -0.1) is 0 Å². The number of nitrogens with one attached hydrogen (secondary N) is 3. The highest BCUT2D eigenvalue weighted by Gasteiger charge is 2.15. The second-order valence-corrected chi connectivity index (χ2v) is 6.47. The van der Waals surface area contributed by atoms with Gasteiger partial charge in [-0.05, 0) is 42.5 Å². The molecule has 0 aliphatic rings. The Labute approximate surface area is 172 Å². The fourth-order valence-corrected chi connectivity index (χ4v) is 2.99. The van der Waals surface area contributed by atoms with E-state index >= 15 is 0 Å². The number of hydrogen-bond acceptors (Lipinski definition) is 4. The molecule has 0 atom stereocenters. The molecule has 3 aromatic carbocycles. The summed E-state index contributed by atoms with van der Waals surface area (Å²) in [6.07, 6.45) is 0. The average molecular weight is 401 g/mol. The summed E-state index contributed by atoms with van der Waals surface area (Å²) in [5.41, 5.74) is 2.25. The highest BCUT2D eigenvalue weighted by atomic mass is 16.5. The van der Waals surface area contributed by atoms with Crippen molar-refractivity contribution in [3.8, 4) is 5.75 Å². The van der Waals surface area contributed by atoms with E-state index < -0.39 is 5.91 Å². The van der Waals surface area contributed by atoms with Crippen LogP contribution in [0.5, 0.6) is 5.75 Å². The quantitative estimate of drug-likeness (QED) is 0.421. The molecule has 4 aromatic rings. The van der Waals surface area contributed by atoms with Crippen molar-refractivity contribution in [2.75, 3.05) is 23.1 Å². The highest BCUT2D eigenvalue weighted by molar-refractivity contribution is 6.06. The number of carbonyl (C=O) groups excluding carboxylic acids is 2. The Kier molecular flexibility index (Phi) is 5.34. The van der Waals surface area contributed by atoms with Gasteiger partial charge in [-0.25, -0.2) is 4.79 Å². The first-order valence-corrected chi connectivity index (χ1v) is 9.23. The number of ether oxygens (including phenoxy) is 1. The van der Waals surface area contributed by atoms with Crippen LogP contribution in [0.25, 0.3) is 11.0 Å². The van der Waals surface area contributed by atoms with E-state index in [1.165, 1.54) is 0 Å². The normalized spacial score (nSPS) is 10.4. The minimum Gasteiger partial charge on any atom is -0.493 e. The Balaban J connectivity index is 1.45. The summed E-state index contributed by atoms with van der Waals surface area (Å²) in [5, 5.41) is 9.02. The zero-order chi connectivity index (χ0) is 20.9. The van der Waals surface area contributed by atoms with Crippen LogP contribution < -0.4 is 20.7 Å². The largest absolute Gasteiger partial charge is 0.493 e. The monoisotopic (exact) mass is 401 g/mol. The number of para-hydroxylation sites is 2. The first-order chi connectivity index (χ1) is 14.6. The third-order valence-corrected chi connectivity index (χ3v) is 4.36. The Morgan fingerprint density at radius 1 is 0.767 bits per heavy atom. The minimum absolute atomic E-state index is 0.162. The van der Waals surface area contributed by atoms with E-state index in [0.29, 0.717) is 28.4 Å². The van der Waals surface area contributed by atoms with Gasteiger partial charge in [-0.2, -0.15) is 0 Å². The lowest BCUT2D eigenvalue weighted by molar-refractivity contribution is 0.0998. The first kappa shape index (κ1) is 19.1. The van der Waals surface area contributed by atoms with Crippen molar-refractivity contribution in [1.29, 1.82) is 0 Å². The molecule has 0 unspecified atom stereocenters. The molecule has 30 heavy (non-hydrogen) atoms. The molecule has 0 spiro atoms. The number of urea groups is 1. The van der Waals surface area contributed by atoms with Gasteiger partial charge < -0.3 is 25.1 Å². The molecule has 0 saturated carbocycles. The van der Waals surface area contributed by atoms with Crippen molar-refractivity contribution < 1.29 is 18.7 Å². The number of fused-ring (bicyclic) bond motifs is 1. The molecule has 150 valence electrons. The van der Waals surface area contributed by atoms with Crippen molar-refractivity contribution in [2.24, 2.45) is 0 Å². The molecule has 1 heterocycles. The summed E-state index contributed by atoms with van der Waals surface area (Å²) >= 11 is 0. The average Bonchev–Trinajstić information content (AvgIpc) is 3.19. The number of rotatable bonds is 5. The summed E-state index contributed by atoms with van der Waals surface area (Å²) < 4.78 is 10.9. The Morgan fingerprint density at radius 3 is 2.20 bits per heavy atom. The topological polar surface area (TPSA) is 92.6 Å². The minimum atomic E-state index is -0.404. The van der Waals surface area contributed by atoms with Crippen molar-refractivity contribution in [3.63, 3.8) is 0 Å². The molecule has 0 bridgehead atoms. The smallest absolute Gasteiger partial charge is 0.323 e. The maximum atomic E-state index is 12.6. The number of carbonyl (C=O) groups is 2. The van der Waals surface area contributed by atoms with Crippen LogP contribution in [0.2, 0.25) is 0 Å².